The highest BCUT2D eigenvalue weighted by Gasteiger charge is 2.26. The van der Waals surface area contributed by atoms with Gasteiger partial charge in [-0.3, -0.25) is 4.79 Å². The molecule has 2 aromatic rings. The number of esters is 1. The molecule has 0 aliphatic heterocycles. The molecule has 0 bridgehead atoms. The third-order valence-electron chi connectivity index (χ3n) is 3.56. The van der Waals surface area contributed by atoms with Crippen LogP contribution in [0.5, 0.6) is 0 Å². The number of terminal acetylenes is 1. The van der Waals surface area contributed by atoms with Gasteiger partial charge in [-0.05, 0) is 44.4 Å². The lowest BCUT2D eigenvalue weighted by molar-refractivity contribution is 0.00624. The number of hydrogen-bond donors (Lipinski definition) is 1. The summed E-state index contributed by atoms with van der Waals surface area (Å²) in [6, 6.07) is 7.35. The summed E-state index contributed by atoms with van der Waals surface area (Å²) in [5.74, 6) is 2.15. The van der Waals surface area contributed by atoms with Crippen LogP contribution in [0.25, 0.3) is 11.1 Å². The van der Waals surface area contributed by atoms with Gasteiger partial charge < -0.3 is 9.72 Å². The van der Waals surface area contributed by atoms with E-state index in [2.05, 4.69) is 10.9 Å². The van der Waals surface area contributed by atoms with Crippen LogP contribution in [0.2, 0.25) is 0 Å². The van der Waals surface area contributed by atoms with Crippen LogP contribution in [0.3, 0.4) is 0 Å². The molecule has 24 heavy (non-hydrogen) atoms. The van der Waals surface area contributed by atoms with Crippen LogP contribution < -0.4 is 0 Å². The number of rotatable bonds is 4. The SMILES string of the molecule is C#Cc1ccccc1-c1c(C=O)[nH]c(C(=O)OC(C)(C)C)c1CC. The van der Waals surface area contributed by atoms with Crippen molar-refractivity contribution in [3.8, 4) is 23.5 Å². The summed E-state index contributed by atoms with van der Waals surface area (Å²) in [5.41, 5.74) is 2.84. The summed E-state index contributed by atoms with van der Waals surface area (Å²) in [5, 5.41) is 0. The fourth-order valence-electron chi connectivity index (χ4n) is 2.64. The molecule has 0 aliphatic rings. The van der Waals surface area contributed by atoms with Crippen molar-refractivity contribution < 1.29 is 14.3 Å². The van der Waals surface area contributed by atoms with Crippen molar-refractivity contribution in [3.63, 3.8) is 0 Å². The molecule has 1 N–H and O–H groups in total. The zero-order valence-corrected chi connectivity index (χ0v) is 14.4. The molecule has 0 unspecified atom stereocenters. The van der Waals surface area contributed by atoms with Crippen LogP contribution in [-0.2, 0) is 11.2 Å². The first-order chi connectivity index (χ1) is 11.3. The predicted octanol–water partition coefficient (Wildman–Crippen LogP) is 3.99. The molecule has 0 radical (unpaired) electrons. The van der Waals surface area contributed by atoms with E-state index in [1.165, 1.54) is 0 Å². The summed E-state index contributed by atoms with van der Waals surface area (Å²) in [6.45, 7) is 7.32. The number of ether oxygens (including phenoxy) is 1. The number of aldehydes is 1. The van der Waals surface area contributed by atoms with E-state index in [9.17, 15) is 9.59 Å². The molecule has 4 nitrogen and oxygen atoms in total. The predicted molar refractivity (Wildman–Crippen MR) is 94.1 cm³/mol. The lowest BCUT2D eigenvalue weighted by Gasteiger charge is -2.19. The fraction of sp³-hybridized carbons (Fsp3) is 0.300. The van der Waals surface area contributed by atoms with E-state index in [0.717, 1.165) is 11.1 Å². The molecule has 0 saturated carbocycles. The zero-order chi connectivity index (χ0) is 17.9. The largest absolute Gasteiger partial charge is 0.455 e. The lowest BCUT2D eigenvalue weighted by atomic mass is 9.94. The molecule has 2 rings (SSSR count). The van der Waals surface area contributed by atoms with E-state index in [4.69, 9.17) is 11.2 Å². The first-order valence-corrected chi connectivity index (χ1v) is 7.81. The fourth-order valence-corrected chi connectivity index (χ4v) is 2.64. The summed E-state index contributed by atoms with van der Waals surface area (Å²) in [7, 11) is 0. The highest BCUT2D eigenvalue weighted by Crippen LogP contribution is 2.33. The molecule has 4 heteroatoms. The quantitative estimate of drug-likeness (QED) is 0.526. The van der Waals surface area contributed by atoms with Gasteiger partial charge in [0, 0.05) is 11.1 Å². The van der Waals surface area contributed by atoms with Gasteiger partial charge >= 0.3 is 5.97 Å². The minimum absolute atomic E-state index is 0.302. The average molecular weight is 323 g/mol. The second-order valence-corrected chi connectivity index (χ2v) is 6.43. The van der Waals surface area contributed by atoms with Crippen LogP contribution in [-0.4, -0.2) is 22.8 Å². The van der Waals surface area contributed by atoms with Crippen molar-refractivity contribution in [2.75, 3.05) is 0 Å². The van der Waals surface area contributed by atoms with Gasteiger partial charge in [0.1, 0.15) is 11.3 Å². The summed E-state index contributed by atoms with van der Waals surface area (Å²) >= 11 is 0. The molecular formula is C20H21NO3. The Bertz CT molecular complexity index is 816. The molecule has 0 spiro atoms. The number of aromatic nitrogens is 1. The minimum Gasteiger partial charge on any atom is -0.455 e. The number of hydrogen-bond acceptors (Lipinski definition) is 3. The van der Waals surface area contributed by atoms with E-state index < -0.39 is 11.6 Å². The Kier molecular flexibility index (Phi) is 4.94. The van der Waals surface area contributed by atoms with Crippen LogP contribution in [0.1, 0.15) is 59.8 Å². The van der Waals surface area contributed by atoms with Gasteiger partial charge in [0.15, 0.2) is 6.29 Å². The van der Waals surface area contributed by atoms with Crippen molar-refractivity contribution in [3.05, 3.63) is 46.8 Å². The number of carbonyl (C=O) groups excluding carboxylic acids is 2. The molecule has 1 aromatic heterocycles. The van der Waals surface area contributed by atoms with E-state index in [0.29, 0.717) is 35.2 Å². The van der Waals surface area contributed by atoms with Gasteiger partial charge in [0.25, 0.3) is 0 Å². The third-order valence-corrected chi connectivity index (χ3v) is 3.56. The standard InChI is InChI=1S/C20H21NO3/c1-6-13-10-8-9-11-15(13)17-14(7-2)18(21-16(17)12-22)19(23)24-20(3,4)5/h1,8-12,21H,7H2,2-5H3. The first-order valence-electron chi connectivity index (χ1n) is 7.81. The molecule has 1 aromatic carbocycles. The Hall–Kier alpha value is -2.80. The van der Waals surface area contributed by atoms with Gasteiger partial charge in [0.05, 0.1) is 5.69 Å². The van der Waals surface area contributed by atoms with Gasteiger partial charge in [-0.15, -0.1) is 6.42 Å². The monoisotopic (exact) mass is 323 g/mol. The maximum absolute atomic E-state index is 12.5. The number of aromatic amines is 1. The lowest BCUT2D eigenvalue weighted by Crippen LogP contribution is -2.24. The second kappa shape index (κ2) is 6.76. The summed E-state index contributed by atoms with van der Waals surface area (Å²) < 4.78 is 5.45. The van der Waals surface area contributed by atoms with Crippen LogP contribution in [0.4, 0.5) is 0 Å². The van der Waals surface area contributed by atoms with Crippen LogP contribution >= 0.6 is 0 Å². The van der Waals surface area contributed by atoms with E-state index in [-0.39, 0.29) is 0 Å². The molecule has 0 amide bonds. The van der Waals surface area contributed by atoms with E-state index in [1.807, 2.05) is 31.2 Å². The molecule has 0 fully saturated rings. The average Bonchev–Trinajstić information content (AvgIpc) is 2.91. The van der Waals surface area contributed by atoms with E-state index in [1.54, 1.807) is 20.8 Å². The van der Waals surface area contributed by atoms with Crippen LogP contribution in [0, 0.1) is 12.3 Å². The van der Waals surface area contributed by atoms with Crippen LogP contribution in [0.15, 0.2) is 24.3 Å². The Labute approximate surface area is 142 Å². The van der Waals surface area contributed by atoms with Crippen molar-refractivity contribution in [1.82, 2.24) is 4.98 Å². The first kappa shape index (κ1) is 17.6. The maximum atomic E-state index is 12.5. The van der Waals surface area contributed by atoms with Gasteiger partial charge in [-0.1, -0.05) is 31.0 Å². The zero-order valence-electron chi connectivity index (χ0n) is 14.4. The molecular weight excluding hydrogens is 302 g/mol. The number of carbonyl (C=O) groups is 2. The van der Waals surface area contributed by atoms with E-state index >= 15 is 0 Å². The Morgan fingerprint density at radius 1 is 1.33 bits per heavy atom. The highest BCUT2D eigenvalue weighted by molar-refractivity contribution is 5.98. The highest BCUT2D eigenvalue weighted by atomic mass is 16.6. The molecule has 124 valence electrons. The summed E-state index contributed by atoms with van der Waals surface area (Å²) in [4.78, 5) is 27.0. The molecule has 1 heterocycles. The number of H-pyrrole nitrogens is 1. The van der Waals surface area contributed by atoms with Crippen molar-refractivity contribution in [2.45, 2.75) is 39.7 Å². The van der Waals surface area contributed by atoms with Gasteiger partial charge in [-0.25, -0.2) is 4.79 Å². The Morgan fingerprint density at radius 2 is 2.00 bits per heavy atom. The third kappa shape index (κ3) is 3.41. The normalized spacial score (nSPS) is 11.0. The van der Waals surface area contributed by atoms with Crippen molar-refractivity contribution in [2.24, 2.45) is 0 Å². The number of benzene rings is 1. The minimum atomic E-state index is -0.620. The molecule has 0 atom stereocenters. The summed E-state index contributed by atoms with van der Waals surface area (Å²) in [6.07, 6.45) is 6.85. The number of nitrogens with one attached hydrogen (secondary N) is 1. The Balaban J connectivity index is 2.67. The Morgan fingerprint density at radius 3 is 2.54 bits per heavy atom. The topological polar surface area (TPSA) is 59.2 Å². The van der Waals surface area contributed by atoms with Gasteiger partial charge in [-0.2, -0.15) is 0 Å². The smallest absolute Gasteiger partial charge is 0.355 e. The molecule has 0 saturated heterocycles. The maximum Gasteiger partial charge on any atom is 0.355 e. The second-order valence-electron chi connectivity index (χ2n) is 6.43. The molecule has 0 aliphatic carbocycles. The van der Waals surface area contributed by atoms with Gasteiger partial charge in [0.2, 0.25) is 0 Å². The van der Waals surface area contributed by atoms with Crippen molar-refractivity contribution >= 4 is 12.3 Å². The van der Waals surface area contributed by atoms with Crippen molar-refractivity contribution in [1.29, 1.82) is 0 Å².